The normalized spacial score (nSPS) is 23.0. The van der Waals surface area contributed by atoms with Gasteiger partial charge in [-0.2, -0.15) is 0 Å². The molecule has 12 nitrogen and oxygen atoms in total. The monoisotopic (exact) mass is 412 g/mol. The van der Waals surface area contributed by atoms with E-state index >= 15 is 0 Å². The predicted octanol–water partition coefficient (Wildman–Crippen LogP) is -0.456. The van der Waals surface area contributed by atoms with E-state index in [9.17, 15) is 0 Å². The number of rotatable bonds is 4. The SMILES string of the molecule is C=Nc1c(N)c(N)c(C2C(N)C(c3c(N)c(N)c(N)c(N)c3N)[C@@H]2N)c(N=C)c1N. The van der Waals surface area contributed by atoms with Gasteiger partial charge in [-0.1, -0.05) is 0 Å². The lowest BCUT2D eigenvalue weighted by molar-refractivity contribution is 0.236. The lowest BCUT2D eigenvalue weighted by Crippen LogP contribution is -2.61. The van der Waals surface area contributed by atoms with Gasteiger partial charge >= 0.3 is 0 Å². The first-order valence-electron chi connectivity index (χ1n) is 8.97. The minimum absolute atomic E-state index is 0.113. The van der Waals surface area contributed by atoms with Crippen molar-refractivity contribution in [2.24, 2.45) is 21.5 Å². The van der Waals surface area contributed by atoms with E-state index < -0.39 is 23.9 Å². The fourth-order valence-electron chi connectivity index (χ4n) is 4.29. The zero-order chi connectivity index (χ0) is 22.7. The lowest BCUT2D eigenvalue weighted by Gasteiger charge is -2.50. The summed E-state index contributed by atoms with van der Waals surface area (Å²) in [6.45, 7) is 7.03. The van der Waals surface area contributed by atoms with Crippen LogP contribution in [-0.2, 0) is 0 Å². The second-order valence-corrected chi connectivity index (χ2v) is 7.36. The van der Waals surface area contributed by atoms with Crippen molar-refractivity contribution < 1.29 is 0 Å². The van der Waals surface area contributed by atoms with Gasteiger partial charge in [0.05, 0.1) is 51.2 Å². The van der Waals surface area contributed by atoms with Gasteiger partial charge in [-0.3, -0.25) is 9.98 Å². The summed E-state index contributed by atoms with van der Waals surface area (Å²) in [5, 5.41) is 0. The van der Waals surface area contributed by atoms with Crippen LogP contribution in [0.3, 0.4) is 0 Å². The van der Waals surface area contributed by atoms with Crippen LogP contribution in [0.15, 0.2) is 9.98 Å². The molecule has 0 radical (unpaired) electrons. The summed E-state index contributed by atoms with van der Waals surface area (Å²) in [6.07, 6.45) is 0. The van der Waals surface area contributed by atoms with Crippen molar-refractivity contribution in [3.8, 4) is 0 Å². The maximum atomic E-state index is 6.52. The van der Waals surface area contributed by atoms with Crippen molar-refractivity contribution in [2.75, 3.05) is 45.9 Å². The highest BCUT2D eigenvalue weighted by Gasteiger charge is 2.51. The second-order valence-electron chi connectivity index (χ2n) is 7.36. The van der Waals surface area contributed by atoms with E-state index in [0.717, 1.165) is 0 Å². The van der Waals surface area contributed by atoms with Gasteiger partial charge in [-0.15, -0.1) is 0 Å². The Balaban J connectivity index is 2.17. The molecule has 1 fully saturated rings. The third kappa shape index (κ3) is 2.47. The molecule has 0 aliphatic heterocycles. The molecule has 0 spiro atoms. The standard InChI is InChI=1S/C18H28N12/c1-29-17-6(11(23)15(27)18(30-2)16(17)28)5-7(19)3(8(5)20)4-9(21)12(24)14(26)13(25)10(4)22/h3,5,7-8H,1-2,19-28H2/t3?,5?,7-,8?/m0/s1. The Hall–Kier alpha value is -3.90. The number of anilines is 8. The number of benzene rings is 2. The fourth-order valence-corrected chi connectivity index (χ4v) is 4.29. The summed E-state index contributed by atoms with van der Waals surface area (Å²) in [7, 11) is 0. The average Bonchev–Trinajstić information content (AvgIpc) is 2.72. The third-order valence-corrected chi connectivity index (χ3v) is 5.98. The highest BCUT2D eigenvalue weighted by Crippen LogP contribution is 2.57. The molecule has 3 unspecified atom stereocenters. The molecule has 160 valence electrons. The number of hydrogen-bond donors (Lipinski definition) is 10. The maximum absolute atomic E-state index is 6.52. The van der Waals surface area contributed by atoms with Crippen LogP contribution in [0.4, 0.5) is 56.9 Å². The number of nitrogens with two attached hydrogens (primary N) is 10. The van der Waals surface area contributed by atoms with E-state index in [4.69, 9.17) is 57.3 Å². The van der Waals surface area contributed by atoms with Crippen molar-refractivity contribution >= 4 is 70.3 Å². The van der Waals surface area contributed by atoms with Gasteiger partial charge in [0.2, 0.25) is 0 Å². The number of hydrogen-bond acceptors (Lipinski definition) is 12. The molecule has 1 aliphatic carbocycles. The van der Waals surface area contributed by atoms with Gasteiger partial charge in [-0.05, 0) is 13.4 Å². The average molecular weight is 413 g/mol. The van der Waals surface area contributed by atoms with Gasteiger partial charge in [-0.25, -0.2) is 0 Å². The molecule has 12 heteroatoms. The van der Waals surface area contributed by atoms with E-state index in [0.29, 0.717) is 16.8 Å². The van der Waals surface area contributed by atoms with Crippen LogP contribution < -0.4 is 57.3 Å². The van der Waals surface area contributed by atoms with Crippen LogP contribution in [-0.4, -0.2) is 25.5 Å². The molecule has 0 amide bonds. The quantitative estimate of drug-likeness (QED) is 0.227. The fraction of sp³-hybridized carbons (Fsp3) is 0.222. The van der Waals surface area contributed by atoms with Crippen LogP contribution in [0.1, 0.15) is 23.0 Å². The Morgan fingerprint density at radius 3 is 1.27 bits per heavy atom. The molecule has 1 aliphatic rings. The van der Waals surface area contributed by atoms with Crippen molar-refractivity contribution in [2.45, 2.75) is 23.9 Å². The van der Waals surface area contributed by atoms with Gasteiger partial charge in [0.25, 0.3) is 0 Å². The van der Waals surface area contributed by atoms with Crippen LogP contribution in [0.5, 0.6) is 0 Å². The minimum Gasteiger partial charge on any atom is -0.397 e. The van der Waals surface area contributed by atoms with Crippen molar-refractivity contribution in [1.82, 2.24) is 0 Å². The van der Waals surface area contributed by atoms with Crippen LogP contribution >= 0.6 is 0 Å². The lowest BCUT2D eigenvalue weighted by atomic mass is 9.59. The molecule has 0 aromatic heterocycles. The number of nitrogen functional groups attached to an aromatic ring is 8. The largest absolute Gasteiger partial charge is 0.397 e. The van der Waals surface area contributed by atoms with E-state index in [1.165, 1.54) is 0 Å². The van der Waals surface area contributed by atoms with E-state index in [-0.39, 0.29) is 51.2 Å². The summed E-state index contributed by atoms with van der Waals surface area (Å²) in [6, 6.07) is -1.15. The van der Waals surface area contributed by atoms with Crippen LogP contribution in [0, 0.1) is 0 Å². The van der Waals surface area contributed by atoms with Gasteiger partial charge in [0.1, 0.15) is 5.69 Å². The highest BCUT2D eigenvalue weighted by atomic mass is 14.9. The Morgan fingerprint density at radius 1 is 0.467 bits per heavy atom. The molecular formula is C18H28N12. The van der Waals surface area contributed by atoms with E-state index in [1.807, 2.05) is 0 Å². The molecule has 20 N–H and O–H groups in total. The van der Waals surface area contributed by atoms with Crippen LogP contribution in [0.25, 0.3) is 0 Å². The van der Waals surface area contributed by atoms with Gasteiger partial charge < -0.3 is 57.3 Å². The Bertz CT molecular complexity index is 1040. The van der Waals surface area contributed by atoms with Crippen molar-refractivity contribution in [3.05, 3.63) is 11.1 Å². The van der Waals surface area contributed by atoms with Crippen LogP contribution in [0.2, 0.25) is 0 Å². The summed E-state index contributed by atoms with van der Waals surface area (Å²) >= 11 is 0. The Kier molecular flexibility index (Phi) is 4.76. The summed E-state index contributed by atoms with van der Waals surface area (Å²) in [5.41, 5.74) is 64.6. The second kappa shape index (κ2) is 6.86. The summed E-state index contributed by atoms with van der Waals surface area (Å²) < 4.78 is 0. The molecule has 2 aromatic rings. The first-order chi connectivity index (χ1) is 14.0. The molecule has 4 atom stereocenters. The molecule has 30 heavy (non-hydrogen) atoms. The van der Waals surface area contributed by atoms with Gasteiger partial charge in [0, 0.05) is 35.0 Å². The Morgan fingerprint density at radius 2 is 0.833 bits per heavy atom. The van der Waals surface area contributed by atoms with Gasteiger partial charge in [0.15, 0.2) is 0 Å². The molecule has 0 heterocycles. The summed E-state index contributed by atoms with van der Waals surface area (Å²) in [4.78, 5) is 7.84. The highest BCUT2D eigenvalue weighted by molar-refractivity contribution is 5.99. The zero-order valence-corrected chi connectivity index (χ0v) is 16.4. The first-order valence-corrected chi connectivity index (χ1v) is 8.97. The topological polar surface area (TPSA) is 285 Å². The van der Waals surface area contributed by atoms with Crippen molar-refractivity contribution in [1.29, 1.82) is 0 Å². The number of aliphatic imine (C=N–C) groups is 2. The van der Waals surface area contributed by atoms with E-state index in [2.05, 4.69) is 23.4 Å². The Labute approximate surface area is 173 Å². The summed E-state index contributed by atoms with van der Waals surface area (Å²) in [5.74, 6) is -0.949. The van der Waals surface area contributed by atoms with Crippen molar-refractivity contribution in [3.63, 3.8) is 0 Å². The smallest absolute Gasteiger partial charge is 0.112 e. The molecule has 3 rings (SSSR count). The molecule has 2 aromatic carbocycles. The van der Waals surface area contributed by atoms with E-state index in [1.54, 1.807) is 0 Å². The third-order valence-electron chi connectivity index (χ3n) is 5.98. The number of nitrogens with zero attached hydrogens (tertiary/aromatic N) is 2. The maximum Gasteiger partial charge on any atom is 0.112 e. The molecule has 0 saturated heterocycles. The minimum atomic E-state index is -0.573. The molecular weight excluding hydrogens is 384 g/mol. The molecule has 1 saturated carbocycles. The predicted molar refractivity (Wildman–Crippen MR) is 128 cm³/mol. The first kappa shape index (κ1) is 20.8. The zero-order valence-electron chi connectivity index (χ0n) is 16.4. The molecule has 0 bridgehead atoms.